The number of halogens is 4. The molecule has 2 aromatic rings. The number of methoxy groups -OCH3 is 1. The van der Waals surface area contributed by atoms with E-state index >= 15 is 0 Å². The number of carboxylic acids is 1. The fourth-order valence-electron chi connectivity index (χ4n) is 1.69. The maximum absolute atomic E-state index is 11.1. The van der Waals surface area contributed by atoms with Gasteiger partial charge in [0.2, 0.25) is 11.8 Å². The predicted molar refractivity (Wildman–Crippen MR) is 155 cm³/mol. The molecular weight excluding hydrogens is 767 g/mol. The molecule has 18 heteroatoms. The van der Waals surface area contributed by atoms with Crippen LogP contribution in [0.5, 0.6) is 11.8 Å². The van der Waals surface area contributed by atoms with Crippen LogP contribution in [-0.4, -0.2) is 69.5 Å². The van der Waals surface area contributed by atoms with E-state index in [1.807, 2.05) is 0 Å². The third-order valence-corrected chi connectivity index (χ3v) is 6.21. The first-order valence-corrected chi connectivity index (χ1v) is 11.8. The molecule has 2 rings (SSSR count). The zero-order chi connectivity index (χ0) is 25.9. The molecule has 0 aromatic carbocycles. The summed E-state index contributed by atoms with van der Waals surface area (Å²) in [6.07, 6.45) is 1.23. The van der Waals surface area contributed by atoms with Crippen LogP contribution in [0.15, 0.2) is 30.3 Å². The van der Waals surface area contributed by atoms with E-state index in [2.05, 4.69) is 78.4 Å². The van der Waals surface area contributed by atoms with Crippen LogP contribution in [0.4, 0.5) is 11.4 Å². The van der Waals surface area contributed by atoms with E-state index < -0.39 is 24.1 Å². The number of aliphatic hydroxyl groups excluding tert-OH is 1. The van der Waals surface area contributed by atoms with Crippen LogP contribution in [0.1, 0.15) is 28.7 Å². The van der Waals surface area contributed by atoms with E-state index in [9.17, 15) is 9.59 Å². The molecular formula is C20H33Br4LiN4O9. The molecule has 0 aliphatic carbocycles. The van der Waals surface area contributed by atoms with Crippen LogP contribution >= 0.6 is 63.7 Å². The Morgan fingerprint density at radius 2 is 1.18 bits per heavy atom. The van der Waals surface area contributed by atoms with Gasteiger partial charge in [-0.15, -0.1) is 0 Å². The number of nitrogen functional groups attached to an aromatic ring is 2. The SMILES string of the molecule is C.C.CO.COC(=O)[C@@H](C)Oc1ncc(Br)c(N)c1Br.C[C@@H](Oc1ncc(Br)c(N)c1Br)C(=O)O.O.[Li+].[OH-]. The standard InChI is InChI=1S/C9H10Br2N2O3.C8H8Br2N2O3.CH4O.2CH4.Li.2H2O/c1-4(9(14)15-2)16-8-6(11)7(12)5(10)3-13-8;1-3(8(13)14)15-7-5(10)6(11)4(9)2-12-7;1-2;;;;;/h3-4H,1-2H3,(H2,12,13);2-3H,1H3,(H2,11,12)(H,13,14);2H,1H3;2*1H4;;2*1H2/q;;;;;+1;;/p-1/t4-;3-;;;;;;/m11....../s1. The molecule has 2 aromatic heterocycles. The second kappa shape index (κ2) is 24.8. The normalized spacial score (nSPS) is 10.0. The molecule has 0 saturated carbocycles. The summed E-state index contributed by atoms with van der Waals surface area (Å²) in [6, 6.07) is 0. The smallest absolute Gasteiger partial charge is 0.870 e. The van der Waals surface area contributed by atoms with E-state index in [0.29, 0.717) is 29.3 Å². The van der Waals surface area contributed by atoms with Crippen LogP contribution in [-0.2, 0) is 14.3 Å². The minimum absolute atomic E-state index is 0. The van der Waals surface area contributed by atoms with E-state index in [-0.39, 0.29) is 56.4 Å². The van der Waals surface area contributed by atoms with Gasteiger partial charge in [0, 0.05) is 19.5 Å². The Hall–Kier alpha value is -1.16. The second-order valence-electron chi connectivity index (χ2n) is 5.66. The molecule has 38 heavy (non-hydrogen) atoms. The van der Waals surface area contributed by atoms with Gasteiger partial charge < -0.3 is 46.8 Å². The molecule has 0 bridgehead atoms. The molecule has 0 aliphatic heterocycles. The summed E-state index contributed by atoms with van der Waals surface area (Å²) >= 11 is 12.8. The maximum atomic E-state index is 11.1. The molecule has 0 aliphatic rings. The van der Waals surface area contributed by atoms with Gasteiger partial charge in [0.25, 0.3) is 0 Å². The quantitative estimate of drug-likeness (QED) is 0.237. The monoisotopic (exact) mass is 796 g/mol. The molecule has 2 atom stereocenters. The van der Waals surface area contributed by atoms with Crippen molar-refractivity contribution in [3.63, 3.8) is 0 Å². The molecule has 0 radical (unpaired) electrons. The van der Waals surface area contributed by atoms with Crippen LogP contribution < -0.4 is 39.8 Å². The summed E-state index contributed by atoms with van der Waals surface area (Å²) in [6.45, 7) is 2.98. The van der Waals surface area contributed by atoms with Crippen LogP contribution in [0.25, 0.3) is 0 Å². The Balaban J connectivity index is -0.000000113. The number of rotatable bonds is 6. The summed E-state index contributed by atoms with van der Waals surface area (Å²) in [4.78, 5) is 29.6. The van der Waals surface area contributed by atoms with Crippen molar-refractivity contribution in [3.8, 4) is 11.8 Å². The number of carboxylic acid groups (broad SMARTS) is 1. The van der Waals surface area contributed by atoms with Crippen molar-refractivity contribution in [2.24, 2.45) is 0 Å². The summed E-state index contributed by atoms with van der Waals surface area (Å²) in [5.74, 6) is -1.13. The number of hydrogen-bond acceptors (Lipinski definition) is 11. The molecule has 216 valence electrons. The number of carbonyl (C=O) groups is 2. The van der Waals surface area contributed by atoms with E-state index in [1.165, 1.54) is 26.4 Å². The fourth-order valence-corrected chi connectivity index (χ4v) is 3.64. The van der Waals surface area contributed by atoms with Crippen molar-refractivity contribution in [3.05, 3.63) is 30.3 Å². The molecule has 0 amide bonds. The summed E-state index contributed by atoms with van der Waals surface area (Å²) < 4.78 is 17.1. The van der Waals surface area contributed by atoms with Crippen molar-refractivity contribution in [1.29, 1.82) is 0 Å². The number of anilines is 2. The minimum atomic E-state index is -1.06. The van der Waals surface area contributed by atoms with Crippen molar-refractivity contribution >= 4 is 87.0 Å². The van der Waals surface area contributed by atoms with E-state index in [0.717, 1.165) is 7.11 Å². The van der Waals surface area contributed by atoms with E-state index in [4.69, 9.17) is 31.2 Å². The molecule has 9 N–H and O–H groups in total. The molecule has 13 nitrogen and oxygen atoms in total. The van der Waals surface area contributed by atoms with Gasteiger partial charge in [0.05, 0.1) is 27.4 Å². The molecule has 0 fully saturated rings. The molecule has 2 heterocycles. The third kappa shape index (κ3) is 15.4. The first kappa shape index (κ1) is 49.8. The predicted octanol–water partition coefficient (Wildman–Crippen LogP) is 1.05. The van der Waals surface area contributed by atoms with E-state index in [1.54, 1.807) is 6.92 Å². The van der Waals surface area contributed by atoms with Gasteiger partial charge >= 0.3 is 30.8 Å². The van der Waals surface area contributed by atoms with Crippen molar-refractivity contribution in [2.75, 3.05) is 25.7 Å². The number of pyridine rings is 2. The number of ether oxygens (including phenoxy) is 3. The van der Waals surface area contributed by atoms with Crippen molar-refractivity contribution < 1.29 is 63.8 Å². The minimum Gasteiger partial charge on any atom is -0.870 e. The van der Waals surface area contributed by atoms with Crippen LogP contribution in [0.2, 0.25) is 0 Å². The Morgan fingerprint density at radius 3 is 1.47 bits per heavy atom. The fraction of sp³-hybridized carbons (Fsp3) is 0.400. The first-order valence-electron chi connectivity index (χ1n) is 8.68. The first-order chi connectivity index (χ1) is 15.4. The number of aliphatic hydroxyl groups is 1. The third-order valence-electron chi connectivity index (χ3n) is 3.41. The Bertz CT molecular complexity index is 979. The van der Waals surface area contributed by atoms with Crippen molar-refractivity contribution in [2.45, 2.75) is 40.9 Å². The van der Waals surface area contributed by atoms with Gasteiger partial charge in [-0.3, -0.25) is 0 Å². The Kier molecular flexibility index (Phi) is 32.5. The van der Waals surface area contributed by atoms with Crippen LogP contribution in [0.3, 0.4) is 0 Å². The summed E-state index contributed by atoms with van der Waals surface area (Å²) in [7, 11) is 2.29. The average Bonchev–Trinajstić information content (AvgIpc) is 2.80. The Morgan fingerprint density at radius 1 is 0.868 bits per heavy atom. The Labute approximate surface area is 267 Å². The molecule has 0 spiro atoms. The number of hydrogen-bond donors (Lipinski definition) is 4. The van der Waals surface area contributed by atoms with Gasteiger partial charge in [-0.05, 0) is 77.6 Å². The van der Waals surface area contributed by atoms with Gasteiger partial charge in [-0.25, -0.2) is 19.6 Å². The number of esters is 1. The zero-order valence-electron chi connectivity index (χ0n) is 19.8. The van der Waals surface area contributed by atoms with Crippen molar-refractivity contribution in [1.82, 2.24) is 9.97 Å². The number of aliphatic carboxylic acids is 1. The number of carbonyl (C=O) groups excluding carboxylic acids is 1. The zero-order valence-corrected chi connectivity index (χ0v) is 26.1. The topological polar surface area (TPSA) is 242 Å². The summed E-state index contributed by atoms with van der Waals surface area (Å²) in [5, 5.41) is 15.6. The molecule has 0 unspecified atom stereocenters. The number of nitrogens with two attached hydrogens (primary N) is 2. The number of aromatic nitrogens is 2. The largest absolute Gasteiger partial charge is 1.00 e. The number of nitrogens with zero attached hydrogens (tertiary/aromatic N) is 2. The summed E-state index contributed by atoms with van der Waals surface area (Å²) in [5.41, 5.74) is 12.3. The maximum Gasteiger partial charge on any atom is 1.00 e. The molecule has 0 saturated heterocycles. The van der Waals surface area contributed by atoms with Gasteiger partial charge in [0.1, 0.15) is 8.95 Å². The van der Waals surface area contributed by atoms with Gasteiger partial charge in [-0.2, -0.15) is 0 Å². The van der Waals surface area contributed by atoms with Crippen LogP contribution in [0, 0.1) is 0 Å². The van der Waals surface area contributed by atoms with Gasteiger partial charge in [0.15, 0.2) is 12.2 Å². The second-order valence-corrected chi connectivity index (χ2v) is 8.95. The average molecular weight is 800 g/mol. The van der Waals surface area contributed by atoms with Gasteiger partial charge in [-0.1, -0.05) is 14.9 Å².